The molecule has 0 bridgehead atoms. The van der Waals surface area contributed by atoms with E-state index in [4.69, 9.17) is 0 Å². The smallest absolute Gasteiger partial charge is 0.0632 e. The van der Waals surface area contributed by atoms with E-state index in [1.165, 1.54) is 5.56 Å². The SMILES string of the molecule is O=[C-]c1ccc2c3c(ccc([C-]=O)c13)-c1ccccc1C2.[Y].[Y].[Y].[Y].[Y]. The average Bonchev–Trinajstić information content (AvgIpc) is 2.55. The van der Waals surface area contributed by atoms with Crippen molar-refractivity contribution in [1.82, 2.24) is 0 Å². The molecule has 0 N–H and O–H groups in total. The van der Waals surface area contributed by atoms with Gasteiger partial charge in [-0.1, -0.05) is 35.2 Å². The summed E-state index contributed by atoms with van der Waals surface area (Å²) < 4.78 is 0. The zero-order chi connectivity index (χ0) is 14.4. The fourth-order valence-electron chi connectivity index (χ4n) is 3.25. The number of carbonyl (C=O) groups excluding carboxylic acids is 2. The van der Waals surface area contributed by atoms with Crippen molar-refractivity contribution in [2.45, 2.75) is 6.42 Å². The largest absolute Gasteiger partial charge is 0.376 e. The second-order valence-corrected chi connectivity index (χ2v) is 5.22. The first-order valence-corrected chi connectivity index (χ1v) is 6.76. The van der Waals surface area contributed by atoms with Gasteiger partial charge in [-0.2, -0.15) is 12.1 Å². The Balaban J connectivity index is 0. The number of hydrogen-bond donors (Lipinski definition) is 0. The molecule has 7 heteroatoms. The Hall–Kier alpha value is 2.78. The molecule has 0 unspecified atom stereocenters. The van der Waals surface area contributed by atoms with Crippen molar-refractivity contribution in [3.63, 3.8) is 0 Å². The van der Waals surface area contributed by atoms with Crippen molar-refractivity contribution in [3.8, 4) is 11.1 Å². The van der Waals surface area contributed by atoms with Gasteiger partial charge < -0.3 is 9.59 Å². The van der Waals surface area contributed by atoms with Crippen molar-refractivity contribution < 1.29 is 173 Å². The second-order valence-electron chi connectivity index (χ2n) is 5.22. The molecule has 1 aliphatic carbocycles. The fourth-order valence-corrected chi connectivity index (χ4v) is 3.25. The van der Waals surface area contributed by atoms with Gasteiger partial charge in [-0.3, -0.25) is 0 Å². The summed E-state index contributed by atoms with van der Waals surface area (Å²) in [6.07, 6.45) is 4.69. The summed E-state index contributed by atoms with van der Waals surface area (Å²) in [5.74, 6) is 0. The Morgan fingerprint density at radius 1 is 0.577 bits per heavy atom. The minimum atomic E-state index is 0. The predicted octanol–water partition coefficient (Wildman–Crippen LogP) is 3.31. The van der Waals surface area contributed by atoms with Crippen LogP contribution in [-0.4, -0.2) is 12.6 Å². The molecule has 26 heavy (non-hydrogen) atoms. The normalized spacial score (nSPS) is 9.69. The van der Waals surface area contributed by atoms with Gasteiger partial charge in [0.25, 0.3) is 0 Å². The monoisotopic (exact) mass is 715 g/mol. The number of rotatable bonds is 2. The van der Waals surface area contributed by atoms with Gasteiger partial charge in [0.1, 0.15) is 0 Å². The van der Waals surface area contributed by atoms with E-state index in [2.05, 4.69) is 12.1 Å². The van der Waals surface area contributed by atoms with Crippen molar-refractivity contribution in [1.29, 1.82) is 0 Å². The number of hydrogen-bond acceptors (Lipinski definition) is 2. The maximum Gasteiger partial charge on any atom is 0.0632 e. The Kier molecular flexibility index (Phi) is 16.6. The number of fused-ring (bicyclic) bond motifs is 2. The van der Waals surface area contributed by atoms with E-state index >= 15 is 0 Å². The molecule has 1 aliphatic rings. The third kappa shape index (κ3) is 5.72. The molecule has 0 atom stereocenters. The fraction of sp³-hybridized carbons (Fsp3) is 0.0526. The Bertz CT molecular complexity index is 911. The van der Waals surface area contributed by atoms with Crippen LogP contribution in [0.1, 0.15) is 22.3 Å². The molecule has 0 fully saturated rings. The van der Waals surface area contributed by atoms with Gasteiger partial charge in [0.2, 0.25) is 0 Å². The summed E-state index contributed by atoms with van der Waals surface area (Å²) in [5, 5.41) is 1.65. The third-order valence-electron chi connectivity index (χ3n) is 4.16. The zero-order valence-corrected chi connectivity index (χ0v) is 28.2. The van der Waals surface area contributed by atoms with Crippen LogP contribution in [0.5, 0.6) is 0 Å². The van der Waals surface area contributed by atoms with Crippen LogP contribution in [0.2, 0.25) is 0 Å². The van der Waals surface area contributed by atoms with Crippen LogP contribution in [0, 0.1) is 0 Å². The Morgan fingerprint density at radius 2 is 1.15 bits per heavy atom. The maximum absolute atomic E-state index is 11.2. The van der Waals surface area contributed by atoms with Gasteiger partial charge in [-0.05, 0) is 23.1 Å². The van der Waals surface area contributed by atoms with E-state index in [0.29, 0.717) is 16.5 Å². The first-order valence-electron chi connectivity index (χ1n) is 6.76. The van der Waals surface area contributed by atoms with E-state index in [-0.39, 0.29) is 164 Å². The van der Waals surface area contributed by atoms with E-state index in [1.54, 1.807) is 12.1 Å². The van der Waals surface area contributed by atoms with E-state index in [9.17, 15) is 9.59 Å². The molecule has 4 rings (SSSR count). The molecule has 0 spiro atoms. The molecule has 0 heterocycles. The Labute approximate surface area is 279 Å². The maximum atomic E-state index is 11.2. The molecule has 0 saturated carbocycles. The van der Waals surface area contributed by atoms with Gasteiger partial charge in [-0.15, -0.1) is 28.6 Å². The van der Waals surface area contributed by atoms with Gasteiger partial charge in [0.15, 0.2) is 0 Å². The van der Waals surface area contributed by atoms with Crippen LogP contribution in [0.4, 0.5) is 0 Å². The molecule has 115 valence electrons. The minimum Gasteiger partial charge on any atom is -0.376 e. The van der Waals surface area contributed by atoms with Crippen molar-refractivity contribution >= 4 is 23.3 Å². The van der Waals surface area contributed by atoms with Crippen LogP contribution in [-0.2, 0) is 180 Å². The molecule has 3 aromatic carbocycles. The molecule has 3 aromatic rings. The van der Waals surface area contributed by atoms with Crippen LogP contribution in [0.15, 0.2) is 48.5 Å². The molecule has 5 radical (unpaired) electrons. The van der Waals surface area contributed by atoms with E-state index < -0.39 is 0 Å². The van der Waals surface area contributed by atoms with Gasteiger partial charge in [0.05, 0.1) is 12.6 Å². The summed E-state index contributed by atoms with van der Waals surface area (Å²) in [4.78, 5) is 22.4. The summed E-state index contributed by atoms with van der Waals surface area (Å²) >= 11 is 0. The topological polar surface area (TPSA) is 34.1 Å². The van der Waals surface area contributed by atoms with Gasteiger partial charge >= 0.3 is 0 Å². The average molecular weight is 715 g/mol. The minimum absolute atomic E-state index is 0. The molecular weight excluding hydrogens is 705 g/mol. The van der Waals surface area contributed by atoms with Crippen molar-refractivity contribution in [2.24, 2.45) is 0 Å². The van der Waals surface area contributed by atoms with Crippen molar-refractivity contribution in [3.05, 3.63) is 70.8 Å². The van der Waals surface area contributed by atoms with Gasteiger partial charge in [0, 0.05) is 164 Å². The van der Waals surface area contributed by atoms with Crippen LogP contribution >= 0.6 is 0 Å². The summed E-state index contributed by atoms with van der Waals surface area (Å²) in [6, 6.07) is 15.6. The first kappa shape index (κ1) is 31.0. The van der Waals surface area contributed by atoms with Crippen LogP contribution in [0.25, 0.3) is 21.9 Å². The van der Waals surface area contributed by atoms with Crippen molar-refractivity contribution in [2.75, 3.05) is 0 Å². The predicted molar refractivity (Wildman–Crippen MR) is 81.8 cm³/mol. The van der Waals surface area contributed by atoms with E-state index in [0.717, 1.165) is 28.5 Å². The molecule has 2 nitrogen and oxygen atoms in total. The second kappa shape index (κ2) is 14.0. The summed E-state index contributed by atoms with van der Waals surface area (Å²) in [7, 11) is 0. The van der Waals surface area contributed by atoms with E-state index in [1.807, 2.05) is 36.8 Å². The molecular formula is C19H10O2Y5-2. The molecule has 0 saturated heterocycles. The summed E-state index contributed by atoms with van der Waals surface area (Å²) in [6.45, 7) is 0. The van der Waals surface area contributed by atoms with Gasteiger partial charge in [-0.25, -0.2) is 0 Å². The molecule has 0 aliphatic heterocycles. The first-order chi connectivity index (χ1) is 10.3. The summed E-state index contributed by atoms with van der Waals surface area (Å²) in [5.41, 5.74) is 5.47. The quantitative estimate of drug-likeness (QED) is 0.299. The van der Waals surface area contributed by atoms with Crippen LogP contribution in [0.3, 0.4) is 0 Å². The molecule has 0 aromatic heterocycles. The standard InChI is InChI=1S/C19H10O2.5Y/c20-10-14-6-5-13-9-12-3-1-2-4-16(12)17-8-7-15(11-21)18(14)19(13)17;;;;;/h1-8H,9H2;;;;;/q-2;;;;;. The molecule has 0 amide bonds. The number of benzene rings is 3. The Morgan fingerprint density at radius 3 is 1.77 bits per heavy atom. The third-order valence-corrected chi connectivity index (χ3v) is 4.16. The zero-order valence-electron chi connectivity index (χ0n) is 14.0. The van der Waals surface area contributed by atoms with Crippen LogP contribution < -0.4 is 0 Å².